The predicted molar refractivity (Wildman–Crippen MR) is 96.7 cm³/mol. The molecule has 1 N–H and O–H groups in total. The van der Waals surface area contributed by atoms with Crippen LogP contribution in [0, 0.1) is 12.3 Å². The van der Waals surface area contributed by atoms with Crippen molar-refractivity contribution in [1.82, 2.24) is 14.0 Å². The van der Waals surface area contributed by atoms with E-state index in [4.69, 9.17) is 14.6 Å². The maximum atomic E-state index is 13.0. The van der Waals surface area contributed by atoms with Gasteiger partial charge in [-0.1, -0.05) is 6.07 Å². The van der Waals surface area contributed by atoms with Gasteiger partial charge in [-0.3, -0.25) is 14.6 Å². The van der Waals surface area contributed by atoms with Gasteiger partial charge >= 0.3 is 5.97 Å². The highest BCUT2D eigenvalue weighted by Gasteiger charge is 2.18. The third-order valence-electron chi connectivity index (χ3n) is 4.43. The zero-order valence-corrected chi connectivity index (χ0v) is 14.7. The minimum atomic E-state index is -0.691. The minimum Gasteiger partial charge on any atom is -0.467 e. The van der Waals surface area contributed by atoms with Crippen molar-refractivity contribution in [2.45, 2.75) is 13.5 Å². The van der Waals surface area contributed by atoms with Crippen molar-refractivity contribution < 1.29 is 13.9 Å². The monoisotopic (exact) mass is 364 g/mol. The van der Waals surface area contributed by atoms with E-state index < -0.39 is 5.97 Å². The van der Waals surface area contributed by atoms with Gasteiger partial charge in [-0.05, 0) is 36.8 Å². The fourth-order valence-electron chi connectivity index (χ4n) is 3.07. The van der Waals surface area contributed by atoms with Gasteiger partial charge in [0.15, 0.2) is 0 Å². The molecule has 4 rings (SSSR count). The van der Waals surface area contributed by atoms with E-state index in [0.717, 1.165) is 5.56 Å². The zero-order valence-electron chi connectivity index (χ0n) is 14.7. The van der Waals surface area contributed by atoms with Crippen LogP contribution >= 0.6 is 0 Å². The molecule has 8 heteroatoms. The van der Waals surface area contributed by atoms with Gasteiger partial charge in [-0.25, -0.2) is 9.78 Å². The molecular weight excluding hydrogens is 348 g/mol. The third kappa shape index (κ3) is 2.62. The highest BCUT2D eigenvalue weighted by Crippen LogP contribution is 2.14. The number of aryl methyl sites for hydroxylation is 1. The molecule has 4 aromatic heterocycles. The first-order chi connectivity index (χ1) is 13.0. The Bertz CT molecular complexity index is 1300. The highest BCUT2D eigenvalue weighted by molar-refractivity contribution is 5.93. The maximum Gasteiger partial charge on any atom is 0.341 e. The summed E-state index contributed by atoms with van der Waals surface area (Å²) in [6.45, 7) is 2.01. The molecule has 0 radical (unpaired) electrons. The number of furan rings is 1. The molecule has 0 atom stereocenters. The minimum absolute atomic E-state index is 0.0111. The van der Waals surface area contributed by atoms with Gasteiger partial charge < -0.3 is 13.7 Å². The van der Waals surface area contributed by atoms with Crippen LogP contribution in [-0.2, 0) is 11.3 Å². The number of fused-ring (bicyclic) bond motifs is 2. The van der Waals surface area contributed by atoms with E-state index in [-0.39, 0.29) is 28.5 Å². The molecule has 0 spiro atoms. The molecule has 0 aliphatic heterocycles. The van der Waals surface area contributed by atoms with Gasteiger partial charge in [-0.15, -0.1) is 0 Å². The lowest BCUT2D eigenvalue weighted by atomic mass is 10.2. The van der Waals surface area contributed by atoms with E-state index in [9.17, 15) is 9.59 Å². The molecule has 0 aromatic carbocycles. The number of ether oxygens (including phenoxy) is 1. The molecule has 0 unspecified atom stereocenters. The fourth-order valence-corrected chi connectivity index (χ4v) is 3.07. The molecule has 0 saturated heterocycles. The van der Waals surface area contributed by atoms with Crippen LogP contribution in [0.2, 0.25) is 0 Å². The molecule has 0 aliphatic rings. The topological polar surface area (TPSA) is 103 Å². The Labute approximate surface area is 152 Å². The normalized spacial score (nSPS) is 11.2. The third-order valence-corrected chi connectivity index (χ3v) is 4.43. The molecule has 4 aromatic rings. The number of pyridine rings is 2. The lowest BCUT2D eigenvalue weighted by Gasteiger charge is -2.13. The lowest BCUT2D eigenvalue weighted by molar-refractivity contribution is 0.0597. The second-order valence-electron chi connectivity index (χ2n) is 6.10. The number of carbonyl (C=O) groups excluding carboxylic acids is 1. The van der Waals surface area contributed by atoms with E-state index in [2.05, 4.69) is 4.98 Å². The Morgan fingerprint density at radius 3 is 2.81 bits per heavy atom. The Morgan fingerprint density at radius 1 is 1.30 bits per heavy atom. The number of methoxy groups -OCH3 is 1. The molecule has 0 bridgehead atoms. The first-order valence-corrected chi connectivity index (χ1v) is 8.22. The van der Waals surface area contributed by atoms with Crippen molar-refractivity contribution in [3.63, 3.8) is 0 Å². The lowest BCUT2D eigenvalue weighted by Crippen LogP contribution is -2.31. The molecule has 0 amide bonds. The Morgan fingerprint density at radius 2 is 2.11 bits per heavy atom. The van der Waals surface area contributed by atoms with Crippen molar-refractivity contribution in [2.24, 2.45) is 0 Å². The van der Waals surface area contributed by atoms with Crippen molar-refractivity contribution in [1.29, 1.82) is 5.41 Å². The van der Waals surface area contributed by atoms with Gasteiger partial charge in [-0.2, -0.15) is 0 Å². The molecule has 27 heavy (non-hydrogen) atoms. The van der Waals surface area contributed by atoms with Crippen LogP contribution in [-0.4, -0.2) is 27.0 Å². The first-order valence-electron chi connectivity index (χ1n) is 8.22. The number of aromatic nitrogens is 3. The summed E-state index contributed by atoms with van der Waals surface area (Å²) >= 11 is 0. The summed E-state index contributed by atoms with van der Waals surface area (Å²) in [5.74, 6) is -0.118. The summed E-state index contributed by atoms with van der Waals surface area (Å²) in [5.41, 5.74) is 1.19. The van der Waals surface area contributed by atoms with E-state index in [1.807, 2.05) is 13.0 Å². The summed E-state index contributed by atoms with van der Waals surface area (Å²) in [6.07, 6.45) is 3.15. The summed E-state index contributed by atoms with van der Waals surface area (Å²) in [6, 6.07) is 8.46. The van der Waals surface area contributed by atoms with Gasteiger partial charge in [0.1, 0.15) is 28.1 Å². The van der Waals surface area contributed by atoms with Crippen LogP contribution in [0.4, 0.5) is 0 Å². The number of carbonyl (C=O) groups is 1. The second kappa shape index (κ2) is 6.24. The molecule has 0 saturated carbocycles. The van der Waals surface area contributed by atoms with Crippen molar-refractivity contribution >= 4 is 22.6 Å². The standard InChI is InChI=1S/C19H16N4O4/c1-11-5-3-7-22-16(11)21-17-14(18(22)24)9-13(19(25)26-2)15(20)23(17)10-12-6-4-8-27-12/h3-9,20H,10H2,1-2H3. The number of esters is 1. The Kier molecular flexibility index (Phi) is 3.88. The van der Waals surface area contributed by atoms with Crippen molar-refractivity contribution in [3.8, 4) is 0 Å². The largest absolute Gasteiger partial charge is 0.467 e. The quantitative estimate of drug-likeness (QED) is 0.442. The number of nitrogens with one attached hydrogen (secondary N) is 1. The molecule has 8 nitrogen and oxygen atoms in total. The van der Waals surface area contributed by atoms with Crippen LogP contribution in [0.5, 0.6) is 0 Å². The van der Waals surface area contributed by atoms with Crippen LogP contribution in [0.1, 0.15) is 21.7 Å². The molecule has 0 aliphatic carbocycles. The predicted octanol–water partition coefficient (Wildman–Crippen LogP) is 1.86. The summed E-state index contributed by atoms with van der Waals surface area (Å²) in [5, 5.41) is 8.69. The van der Waals surface area contributed by atoms with E-state index in [1.54, 1.807) is 24.4 Å². The number of hydrogen-bond acceptors (Lipinski definition) is 6. The molecule has 136 valence electrons. The van der Waals surface area contributed by atoms with Crippen molar-refractivity contribution in [3.05, 3.63) is 75.5 Å². The maximum absolute atomic E-state index is 13.0. The fraction of sp³-hybridized carbons (Fsp3) is 0.158. The van der Waals surface area contributed by atoms with Crippen LogP contribution in [0.25, 0.3) is 16.7 Å². The van der Waals surface area contributed by atoms with Gasteiger partial charge in [0.2, 0.25) is 0 Å². The number of hydrogen-bond donors (Lipinski definition) is 1. The molecule has 4 heterocycles. The average Bonchev–Trinajstić information content (AvgIpc) is 3.18. The van der Waals surface area contributed by atoms with E-state index >= 15 is 0 Å². The number of nitrogens with zero attached hydrogens (tertiary/aromatic N) is 3. The summed E-state index contributed by atoms with van der Waals surface area (Å²) in [4.78, 5) is 29.8. The Hall–Kier alpha value is -3.68. The van der Waals surface area contributed by atoms with Gasteiger partial charge in [0.05, 0.1) is 25.3 Å². The number of rotatable bonds is 3. The summed E-state index contributed by atoms with van der Waals surface area (Å²) in [7, 11) is 1.23. The van der Waals surface area contributed by atoms with Crippen LogP contribution in [0.3, 0.4) is 0 Å². The second-order valence-corrected chi connectivity index (χ2v) is 6.10. The smallest absolute Gasteiger partial charge is 0.341 e. The molecular formula is C19H16N4O4. The van der Waals surface area contributed by atoms with Crippen LogP contribution < -0.4 is 11.0 Å². The van der Waals surface area contributed by atoms with E-state index in [0.29, 0.717) is 17.1 Å². The zero-order chi connectivity index (χ0) is 19.1. The summed E-state index contributed by atoms with van der Waals surface area (Å²) < 4.78 is 13.1. The molecule has 0 fully saturated rings. The highest BCUT2D eigenvalue weighted by atomic mass is 16.5. The SMILES string of the molecule is COC(=O)c1cc2c(=O)n3cccc(C)c3nc2n(Cc2ccco2)c1=N. The van der Waals surface area contributed by atoms with Gasteiger partial charge in [0.25, 0.3) is 5.56 Å². The first kappa shape index (κ1) is 16.8. The van der Waals surface area contributed by atoms with Crippen molar-refractivity contribution in [2.75, 3.05) is 7.11 Å². The Balaban J connectivity index is 2.16. The van der Waals surface area contributed by atoms with Gasteiger partial charge in [0, 0.05) is 6.20 Å². The average molecular weight is 364 g/mol. The van der Waals surface area contributed by atoms with Crippen LogP contribution in [0.15, 0.2) is 52.0 Å². The van der Waals surface area contributed by atoms with E-state index in [1.165, 1.54) is 28.4 Å².